The maximum atomic E-state index is 6.94. The number of rotatable bonds is 2. The molecular formula is C49H33N4O+. The van der Waals surface area contributed by atoms with Crippen molar-refractivity contribution in [3.05, 3.63) is 180 Å². The topological polar surface area (TPSA) is 24.5 Å². The van der Waals surface area contributed by atoms with Gasteiger partial charge >= 0.3 is 0 Å². The largest absolute Gasteiger partial charge is 0.456 e. The van der Waals surface area contributed by atoms with E-state index in [0.717, 1.165) is 17.3 Å². The molecule has 4 aliphatic heterocycles. The van der Waals surface area contributed by atoms with Gasteiger partial charge in [0.2, 0.25) is 5.54 Å². The summed E-state index contributed by atoms with van der Waals surface area (Å²) < 4.78 is 12.0. The number of hydrogen-bond acceptors (Lipinski definition) is 3. The SMILES string of the molecule is CC1=C(c2ccc(-c3cccc4ccccc34)c3ccccc23)N(C)C2N1c1cccc3c1C21c2c(ccc4c5ccccc5n(c24)-c2cccc[n+]21)O3. The molecule has 0 N–H and O–H groups in total. The first kappa shape index (κ1) is 28.7. The molecule has 2 aromatic heterocycles. The predicted octanol–water partition coefficient (Wildman–Crippen LogP) is 10.7. The number of benzene rings is 7. The molecule has 5 nitrogen and oxygen atoms in total. The Kier molecular flexibility index (Phi) is 5.19. The molecule has 0 saturated heterocycles. The molecule has 54 heavy (non-hydrogen) atoms. The van der Waals surface area contributed by atoms with Crippen LogP contribution in [0.3, 0.4) is 0 Å². The third-order valence-electron chi connectivity index (χ3n) is 12.8. The van der Waals surface area contributed by atoms with Gasteiger partial charge in [-0.1, -0.05) is 103 Å². The molecule has 0 saturated carbocycles. The van der Waals surface area contributed by atoms with Crippen molar-refractivity contribution >= 4 is 54.7 Å². The lowest BCUT2D eigenvalue weighted by Crippen LogP contribution is -2.70. The third-order valence-corrected chi connectivity index (χ3v) is 12.8. The molecule has 9 aromatic rings. The Hall–Kier alpha value is -6.85. The van der Waals surface area contributed by atoms with E-state index in [1.165, 1.54) is 88.2 Å². The second-order valence-electron chi connectivity index (χ2n) is 15.2. The van der Waals surface area contributed by atoms with Gasteiger partial charge in [-0.05, 0) is 82.1 Å². The fourth-order valence-corrected chi connectivity index (χ4v) is 10.9. The lowest BCUT2D eigenvalue weighted by atomic mass is 9.76. The molecule has 254 valence electrons. The molecule has 0 aliphatic carbocycles. The van der Waals surface area contributed by atoms with Crippen LogP contribution >= 0.6 is 0 Å². The summed E-state index contributed by atoms with van der Waals surface area (Å²) in [4.78, 5) is 5.16. The van der Waals surface area contributed by atoms with Crippen molar-refractivity contribution in [1.29, 1.82) is 0 Å². The smallest absolute Gasteiger partial charge is 0.288 e. The highest BCUT2D eigenvalue weighted by Crippen LogP contribution is 2.64. The highest BCUT2D eigenvalue weighted by atomic mass is 16.5. The average molecular weight is 694 g/mol. The number of anilines is 1. The molecule has 0 fully saturated rings. The standard InChI is InChI=1S/C49H33N4O/c1-29-46(37-25-24-35(33-16-5-6-17-34(33)37)32-19-11-14-30-13-3-4-15-31(30)32)50(2)48-49-44-40(52(29)48)21-12-22-41(44)54-42-27-26-38-36-18-7-8-20-39(36)53(47(38)45(42)49)43-23-9-10-28-51(43)49/h3-28,48H,1-2H3/q+1. The zero-order valence-electron chi connectivity index (χ0n) is 29.8. The maximum Gasteiger partial charge on any atom is 0.288 e. The van der Waals surface area contributed by atoms with Crippen molar-refractivity contribution in [3.63, 3.8) is 0 Å². The summed E-state index contributed by atoms with van der Waals surface area (Å²) in [6.45, 7) is 2.31. The van der Waals surface area contributed by atoms with Gasteiger partial charge in [-0.2, -0.15) is 4.57 Å². The highest BCUT2D eigenvalue weighted by Gasteiger charge is 2.69. The summed E-state index contributed by atoms with van der Waals surface area (Å²) in [6.07, 6.45) is 2.20. The number of fused-ring (bicyclic) bond motifs is 9. The van der Waals surface area contributed by atoms with Gasteiger partial charge in [-0.15, -0.1) is 0 Å². The molecule has 1 spiro atoms. The van der Waals surface area contributed by atoms with Crippen molar-refractivity contribution in [3.8, 4) is 28.4 Å². The van der Waals surface area contributed by atoms with Gasteiger partial charge in [-0.3, -0.25) is 0 Å². The van der Waals surface area contributed by atoms with E-state index in [4.69, 9.17) is 4.74 Å². The van der Waals surface area contributed by atoms with Crippen molar-refractivity contribution in [2.75, 3.05) is 11.9 Å². The molecule has 0 radical (unpaired) electrons. The second kappa shape index (κ2) is 9.77. The minimum absolute atomic E-state index is 0.0914. The van der Waals surface area contributed by atoms with E-state index < -0.39 is 5.54 Å². The average Bonchev–Trinajstić information content (AvgIpc) is 3.82. The van der Waals surface area contributed by atoms with Gasteiger partial charge in [0.15, 0.2) is 11.7 Å². The molecule has 0 amide bonds. The van der Waals surface area contributed by atoms with E-state index in [2.05, 4.69) is 191 Å². The molecular weight excluding hydrogens is 661 g/mol. The molecule has 5 heteroatoms. The number of para-hydroxylation sites is 1. The van der Waals surface area contributed by atoms with E-state index in [1.807, 2.05) is 0 Å². The Morgan fingerprint density at radius 1 is 0.574 bits per heavy atom. The van der Waals surface area contributed by atoms with Crippen molar-refractivity contribution in [2.45, 2.75) is 18.6 Å². The fourth-order valence-electron chi connectivity index (χ4n) is 10.9. The fraction of sp³-hybridized carbons (Fsp3) is 0.0816. The Morgan fingerprint density at radius 3 is 2.15 bits per heavy atom. The van der Waals surface area contributed by atoms with E-state index in [0.29, 0.717) is 0 Å². The zero-order chi connectivity index (χ0) is 35.4. The molecule has 7 aromatic carbocycles. The van der Waals surface area contributed by atoms with Gasteiger partial charge in [-0.25, -0.2) is 4.57 Å². The Bertz CT molecular complexity index is 3200. The maximum absolute atomic E-state index is 6.94. The molecule has 2 atom stereocenters. The summed E-state index contributed by atoms with van der Waals surface area (Å²) in [7, 11) is 2.31. The molecule has 4 aliphatic rings. The molecule has 13 rings (SSSR count). The van der Waals surface area contributed by atoms with Crippen molar-refractivity contribution in [1.82, 2.24) is 9.47 Å². The second-order valence-corrected chi connectivity index (χ2v) is 15.2. The number of aromatic nitrogens is 2. The van der Waals surface area contributed by atoms with E-state index in [1.54, 1.807) is 0 Å². The van der Waals surface area contributed by atoms with Crippen LogP contribution in [0.1, 0.15) is 23.6 Å². The number of pyridine rings is 1. The lowest BCUT2D eigenvalue weighted by Gasteiger charge is -2.43. The minimum Gasteiger partial charge on any atom is -0.456 e. The summed E-state index contributed by atoms with van der Waals surface area (Å²) in [5, 5.41) is 7.54. The van der Waals surface area contributed by atoms with E-state index in [9.17, 15) is 0 Å². The van der Waals surface area contributed by atoms with Crippen LogP contribution in [0.4, 0.5) is 5.69 Å². The third kappa shape index (κ3) is 3.15. The van der Waals surface area contributed by atoms with Gasteiger partial charge in [0.25, 0.3) is 5.82 Å². The van der Waals surface area contributed by atoms with E-state index >= 15 is 0 Å². The van der Waals surface area contributed by atoms with Crippen LogP contribution in [-0.4, -0.2) is 22.7 Å². The predicted molar refractivity (Wildman–Crippen MR) is 217 cm³/mol. The number of allylic oxidation sites excluding steroid dienone is 1. The van der Waals surface area contributed by atoms with Gasteiger partial charge in [0.05, 0.1) is 28.7 Å². The van der Waals surface area contributed by atoms with Crippen LogP contribution in [0.25, 0.3) is 66.0 Å². The minimum atomic E-state index is -0.601. The van der Waals surface area contributed by atoms with E-state index in [-0.39, 0.29) is 6.17 Å². The molecule has 0 bridgehead atoms. The first-order valence-corrected chi connectivity index (χ1v) is 18.8. The van der Waals surface area contributed by atoms with Crippen LogP contribution in [-0.2, 0) is 5.54 Å². The zero-order valence-corrected chi connectivity index (χ0v) is 29.8. The van der Waals surface area contributed by atoms with Crippen LogP contribution in [0.15, 0.2) is 164 Å². The van der Waals surface area contributed by atoms with Gasteiger partial charge in [0, 0.05) is 35.1 Å². The van der Waals surface area contributed by atoms with Crippen molar-refractivity contribution < 1.29 is 9.30 Å². The monoisotopic (exact) mass is 693 g/mol. The van der Waals surface area contributed by atoms with Crippen molar-refractivity contribution in [2.24, 2.45) is 0 Å². The van der Waals surface area contributed by atoms with Crippen LogP contribution in [0.5, 0.6) is 11.5 Å². The summed E-state index contributed by atoms with van der Waals surface area (Å²) in [5.41, 5.74) is 11.7. The molecule has 6 heterocycles. The number of ether oxygens (including phenoxy) is 1. The summed E-state index contributed by atoms with van der Waals surface area (Å²) >= 11 is 0. The number of hydrogen-bond donors (Lipinski definition) is 0. The summed E-state index contributed by atoms with van der Waals surface area (Å²) in [5.74, 6) is 3.00. The quantitative estimate of drug-likeness (QED) is 0.169. The first-order valence-electron chi connectivity index (χ1n) is 18.8. The van der Waals surface area contributed by atoms with Crippen LogP contribution in [0.2, 0.25) is 0 Å². The van der Waals surface area contributed by atoms with Gasteiger partial charge in [0.1, 0.15) is 17.0 Å². The Labute approximate surface area is 311 Å². The Morgan fingerprint density at radius 2 is 1.26 bits per heavy atom. The first-order chi connectivity index (χ1) is 26.7. The van der Waals surface area contributed by atoms with Crippen LogP contribution < -0.4 is 14.2 Å². The lowest BCUT2D eigenvalue weighted by molar-refractivity contribution is -0.743. The number of nitrogens with zero attached hydrogens (tertiary/aromatic N) is 4. The molecule has 2 unspecified atom stereocenters. The Balaban J connectivity index is 1.10. The van der Waals surface area contributed by atoms with Gasteiger partial charge < -0.3 is 14.5 Å². The normalized spacial score (nSPS) is 18.8. The highest BCUT2D eigenvalue weighted by molar-refractivity contribution is 6.12. The number of likely N-dealkylation sites (N-methyl/N-ethyl adjacent to an activating group) is 1. The van der Waals surface area contributed by atoms with Crippen LogP contribution in [0, 0.1) is 0 Å². The summed E-state index contributed by atoms with van der Waals surface area (Å²) in [6, 6.07) is 55.5.